The second-order valence-electron chi connectivity index (χ2n) is 6.56. The number of unbranched alkanes of at least 4 members (excludes halogenated alkanes) is 1. The molecule has 1 fully saturated rings. The Bertz CT molecular complexity index is 580. The lowest BCUT2D eigenvalue weighted by atomic mass is 9.85. The van der Waals surface area contributed by atoms with Gasteiger partial charge in [0.05, 0.1) is 17.5 Å². The van der Waals surface area contributed by atoms with Crippen molar-refractivity contribution in [2.45, 2.75) is 58.4 Å². The van der Waals surface area contributed by atoms with Gasteiger partial charge in [0.2, 0.25) is 11.9 Å². The highest BCUT2D eigenvalue weighted by Crippen LogP contribution is 2.29. The van der Waals surface area contributed by atoms with E-state index in [1.54, 1.807) is 0 Å². The highest BCUT2D eigenvalue weighted by Gasteiger charge is 2.33. The number of nitrogens with one attached hydrogen (secondary N) is 1. The van der Waals surface area contributed by atoms with Crippen molar-refractivity contribution in [1.82, 2.24) is 5.01 Å². The zero-order valence-electron chi connectivity index (χ0n) is 14.5. The van der Waals surface area contributed by atoms with E-state index in [1.165, 1.54) is 17.6 Å². The first-order valence-electron chi connectivity index (χ1n) is 8.71. The van der Waals surface area contributed by atoms with E-state index in [9.17, 15) is 4.79 Å². The van der Waals surface area contributed by atoms with Crippen LogP contribution in [0.2, 0.25) is 0 Å². The minimum Gasteiger partial charge on any atom is -0.369 e. The van der Waals surface area contributed by atoms with Crippen LogP contribution in [0.1, 0.15) is 52.4 Å². The highest BCUT2D eigenvalue weighted by atomic mass is 16.1. The number of rotatable bonds is 4. The van der Waals surface area contributed by atoms with Crippen LogP contribution in [0, 0.1) is 17.2 Å². The number of primary amides is 1. The number of nitrogens with zero attached hydrogens (tertiary/aromatic N) is 3. The van der Waals surface area contributed by atoms with Gasteiger partial charge in [0.25, 0.3) is 0 Å². The molecule has 1 saturated carbocycles. The topological polar surface area (TPSA) is 121 Å². The van der Waals surface area contributed by atoms with Crippen LogP contribution in [0.15, 0.2) is 21.9 Å². The van der Waals surface area contributed by atoms with Gasteiger partial charge in [-0.3, -0.25) is 15.2 Å². The summed E-state index contributed by atoms with van der Waals surface area (Å²) in [6.07, 6.45) is 9.63. The molecule has 3 unspecified atom stereocenters. The lowest BCUT2D eigenvalue weighted by Crippen LogP contribution is -2.45. The first kappa shape index (κ1) is 18.2. The molecule has 0 aromatic carbocycles. The third-order valence-corrected chi connectivity index (χ3v) is 4.65. The van der Waals surface area contributed by atoms with Gasteiger partial charge in [0.1, 0.15) is 5.92 Å². The van der Waals surface area contributed by atoms with Crippen LogP contribution in [-0.2, 0) is 4.79 Å². The van der Waals surface area contributed by atoms with E-state index in [2.05, 4.69) is 18.9 Å². The molecule has 0 bridgehead atoms. The fraction of sp³-hybridized carbons (Fsp3) is 0.647. The molecule has 7 heteroatoms. The summed E-state index contributed by atoms with van der Waals surface area (Å²) in [6, 6.07) is 0.168. The number of guanidine groups is 1. The van der Waals surface area contributed by atoms with Crippen molar-refractivity contribution in [1.29, 1.82) is 5.41 Å². The quantitative estimate of drug-likeness (QED) is 0.539. The summed E-state index contributed by atoms with van der Waals surface area (Å²) in [5, 5.41) is 13.2. The van der Waals surface area contributed by atoms with Crippen LogP contribution >= 0.6 is 0 Å². The largest absolute Gasteiger partial charge is 0.369 e. The van der Waals surface area contributed by atoms with Crippen LogP contribution < -0.4 is 11.5 Å². The number of amides is 1. The fourth-order valence-electron chi connectivity index (χ4n) is 3.22. The molecule has 24 heavy (non-hydrogen) atoms. The Hall–Kier alpha value is -2.18. The van der Waals surface area contributed by atoms with Gasteiger partial charge in [-0.2, -0.15) is 5.10 Å². The van der Waals surface area contributed by atoms with Gasteiger partial charge in [0.15, 0.2) is 0 Å². The van der Waals surface area contributed by atoms with Gasteiger partial charge >= 0.3 is 0 Å². The van der Waals surface area contributed by atoms with E-state index in [1.807, 2.05) is 6.08 Å². The molecule has 0 aromatic rings. The van der Waals surface area contributed by atoms with E-state index in [4.69, 9.17) is 21.9 Å². The Morgan fingerprint density at radius 3 is 2.75 bits per heavy atom. The Morgan fingerprint density at radius 1 is 1.46 bits per heavy atom. The van der Waals surface area contributed by atoms with Gasteiger partial charge in [0, 0.05) is 6.21 Å². The summed E-state index contributed by atoms with van der Waals surface area (Å²) < 4.78 is 0. The average molecular weight is 332 g/mol. The van der Waals surface area contributed by atoms with Gasteiger partial charge in [-0.15, -0.1) is 0 Å². The molecule has 1 heterocycles. The van der Waals surface area contributed by atoms with Gasteiger partial charge < -0.3 is 11.5 Å². The van der Waals surface area contributed by atoms with Crippen molar-refractivity contribution in [2.75, 3.05) is 0 Å². The molecule has 0 saturated heterocycles. The third kappa shape index (κ3) is 4.01. The molecule has 0 spiro atoms. The molecule has 7 nitrogen and oxygen atoms in total. The molecule has 0 aromatic heterocycles. The molecular weight excluding hydrogens is 304 g/mol. The number of hydrazone groups is 1. The number of carbonyl (C=O) groups is 1. The molecule has 1 amide bonds. The number of carbonyl (C=O) groups excluding carboxylic acids is 1. The maximum absolute atomic E-state index is 11.9. The predicted molar refractivity (Wildman–Crippen MR) is 96.8 cm³/mol. The maximum Gasteiger partial charge on any atom is 0.232 e. The molecule has 2 rings (SSSR count). The summed E-state index contributed by atoms with van der Waals surface area (Å²) >= 11 is 0. The molecule has 3 atom stereocenters. The van der Waals surface area contributed by atoms with Crippen LogP contribution in [0.5, 0.6) is 0 Å². The van der Waals surface area contributed by atoms with Crippen molar-refractivity contribution in [3.8, 4) is 0 Å². The maximum atomic E-state index is 11.9. The van der Waals surface area contributed by atoms with Crippen molar-refractivity contribution in [3.05, 3.63) is 11.8 Å². The molecule has 5 N–H and O–H groups in total. The number of allylic oxidation sites excluding steroid dienone is 2. The van der Waals surface area contributed by atoms with Crippen LogP contribution in [-0.4, -0.2) is 34.8 Å². The molecule has 1 aliphatic heterocycles. The summed E-state index contributed by atoms with van der Waals surface area (Å²) in [6.45, 7) is 4.26. The molecule has 2 aliphatic rings. The number of nitrogens with two attached hydrogens (primary N) is 2. The van der Waals surface area contributed by atoms with Crippen molar-refractivity contribution >= 4 is 23.8 Å². The summed E-state index contributed by atoms with van der Waals surface area (Å²) in [5.74, 6) is -0.873. The number of aliphatic imine (C=N–C) groups is 1. The van der Waals surface area contributed by atoms with E-state index in [0.29, 0.717) is 17.3 Å². The predicted octanol–water partition coefficient (Wildman–Crippen LogP) is 1.99. The fourth-order valence-corrected chi connectivity index (χ4v) is 3.22. The standard InChI is InChI=1S/C17H28N6O/c1-3-4-9-14-15(22-13-8-6-5-7-11(13)2)12(16(18)24)10-21-23(14)17(19)20/h9-13H,3-8H2,1-2H3,(H2,18,24)(H3,19,20)/b14-9+,22-15?. The lowest BCUT2D eigenvalue weighted by Gasteiger charge is -2.32. The minimum atomic E-state index is -0.669. The third-order valence-electron chi connectivity index (χ3n) is 4.65. The first-order valence-corrected chi connectivity index (χ1v) is 8.71. The second-order valence-corrected chi connectivity index (χ2v) is 6.56. The van der Waals surface area contributed by atoms with E-state index >= 15 is 0 Å². The Morgan fingerprint density at radius 2 is 2.17 bits per heavy atom. The lowest BCUT2D eigenvalue weighted by molar-refractivity contribution is -0.118. The Kier molecular flexibility index (Phi) is 6.11. The Balaban J connectivity index is 2.47. The van der Waals surface area contributed by atoms with Gasteiger partial charge in [-0.25, -0.2) is 5.01 Å². The van der Waals surface area contributed by atoms with Gasteiger partial charge in [-0.05, 0) is 25.2 Å². The smallest absolute Gasteiger partial charge is 0.232 e. The second kappa shape index (κ2) is 8.08. The van der Waals surface area contributed by atoms with Gasteiger partial charge in [-0.1, -0.05) is 39.2 Å². The van der Waals surface area contributed by atoms with Crippen LogP contribution in [0.4, 0.5) is 0 Å². The van der Waals surface area contributed by atoms with Crippen molar-refractivity contribution < 1.29 is 4.79 Å². The summed E-state index contributed by atoms with van der Waals surface area (Å²) in [5.41, 5.74) is 12.4. The summed E-state index contributed by atoms with van der Waals surface area (Å²) in [7, 11) is 0. The number of hydrogen-bond acceptors (Lipinski definition) is 4. The molecule has 0 radical (unpaired) electrons. The molecular formula is C17H28N6O. The van der Waals surface area contributed by atoms with Crippen LogP contribution in [0.3, 0.4) is 0 Å². The number of hydrogen-bond donors (Lipinski definition) is 3. The first-order chi connectivity index (χ1) is 11.5. The monoisotopic (exact) mass is 332 g/mol. The zero-order valence-corrected chi connectivity index (χ0v) is 14.5. The molecule has 132 valence electrons. The van der Waals surface area contributed by atoms with E-state index < -0.39 is 11.8 Å². The normalized spacial score (nSPS) is 30.8. The molecule has 1 aliphatic carbocycles. The summed E-state index contributed by atoms with van der Waals surface area (Å²) in [4.78, 5) is 16.8. The highest BCUT2D eigenvalue weighted by molar-refractivity contribution is 6.23. The average Bonchev–Trinajstić information content (AvgIpc) is 2.54. The van der Waals surface area contributed by atoms with Crippen LogP contribution in [0.25, 0.3) is 0 Å². The van der Waals surface area contributed by atoms with E-state index in [-0.39, 0.29) is 12.0 Å². The van der Waals surface area contributed by atoms with E-state index in [0.717, 1.165) is 32.1 Å². The SMILES string of the molecule is CCC/C=C1\C(=NC2CCCCC2C)C(C(N)=O)C=NN1C(=N)N. The zero-order chi connectivity index (χ0) is 17.7. The van der Waals surface area contributed by atoms with Crippen molar-refractivity contribution in [3.63, 3.8) is 0 Å². The van der Waals surface area contributed by atoms with Crippen molar-refractivity contribution in [2.24, 2.45) is 33.4 Å². The Labute approximate surface area is 143 Å². The minimum absolute atomic E-state index is 0.168.